The number of para-hydroxylation sites is 1. The van der Waals surface area contributed by atoms with Crippen molar-refractivity contribution in [3.8, 4) is 5.75 Å². The number of rotatable bonds is 8. The molecule has 0 aliphatic carbocycles. The van der Waals surface area contributed by atoms with E-state index < -0.39 is 0 Å². The van der Waals surface area contributed by atoms with Gasteiger partial charge in [-0.2, -0.15) is 0 Å². The lowest BCUT2D eigenvalue weighted by atomic mass is 10.2. The molecule has 3 aromatic heterocycles. The van der Waals surface area contributed by atoms with Crippen LogP contribution in [0.2, 0.25) is 0 Å². The molecule has 0 aliphatic heterocycles. The first-order valence-electron chi connectivity index (χ1n) is 11.2. The van der Waals surface area contributed by atoms with Gasteiger partial charge in [0.15, 0.2) is 0 Å². The summed E-state index contributed by atoms with van der Waals surface area (Å²) < 4.78 is 10.1. The number of aryl methyl sites for hydroxylation is 2. The van der Waals surface area contributed by atoms with Crippen molar-refractivity contribution in [1.82, 2.24) is 19.3 Å². The fourth-order valence-electron chi connectivity index (χ4n) is 4.02. The smallest absolute Gasteiger partial charge is 0.251 e. The van der Waals surface area contributed by atoms with E-state index in [-0.39, 0.29) is 5.91 Å². The van der Waals surface area contributed by atoms with E-state index in [9.17, 15) is 4.79 Å². The zero-order valence-corrected chi connectivity index (χ0v) is 18.6. The molecule has 0 bridgehead atoms. The molecule has 0 radical (unpaired) electrons. The molecule has 6 heteroatoms. The summed E-state index contributed by atoms with van der Waals surface area (Å²) in [7, 11) is 0. The fraction of sp³-hybridized carbons (Fsp3) is 0.185. The molecule has 0 aliphatic rings. The molecule has 0 saturated heterocycles. The maximum atomic E-state index is 12.5. The maximum absolute atomic E-state index is 12.5. The number of ether oxygens (including phenoxy) is 1. The molecular formula is C27H26N4O2. The van der Waals surface area contributed by atoms with Crippen LogP contribution in [0.4, 0.5) is 0 Å². The molecule has 0 atom stereocenters. The summed E-state index contributed by atoms with van der Waals surface area (Å²) in [5.74, 6) is 0.634. The van der Waals surface area contributed by atoms with Crippen molar-refractivity contribution in [3.63, 3.8) is 0 Å². The molecule has 33 heavy (non-hydrogen) atoms. The van der Waals surface area contributed by atoms with Crippen LogP contribution >= 0.6 is 0 Å². The molecule has 1 amide bonds. The highest BCUT2D eigenvalue weighted by Gasteiger charge is 2.07. The molecule has 0 spiro atoms. The highest BCUT2D eigenvalue weighted by molar-refractivity contribution is 5.94. The Labute approximate surface area is 192 Å². The van der Waals surface area contributed by atoms with Crippen LogP contribution in [0.5, 0.6) is 5.75 Å². The van der Waals surface area contributed by atoms with Gasteiger partial charge in [0, 0.05) is 42.8 Å². The number of carbonyl (C=O) groups excluding carboxylic acids is 1. The average Bonchev–Trinajstić information content (AvgIpc) is 3.46. The largest absolute Gasteiger partial charge is 0.487 e. The number of nitrogens with one attached hydrogen (secondary N) is 1. The summed E-state index contributed by atoms with van der Waals surface area (Å²) >= 11 is 0. The number of aromatic nitrogens is 3. The van der Waals surface area contributed by atoms with Gasteiger partial charge in [-0.1, -0.05) is 24.3 Å². The van der Waals surface area contributed by atoms with E-state index in [2.05, 4.69) is 39.3 Å². The van der Waals surface area contributed by atoms with E-state index in [4.69, 9.17) is 4.74 Å². The van der Waals surface area contributed by atoms with E-state index in [0.29, 0.717) is 24.5 Å². The third-order valence-corrected chi connectivity index (χ3v) is 5.77. The second-order valence-electron chi connectivity index (χ2n) is 8.14. The normalized spacial score (nSPS) is 11.2. The predicted octanol–water partition coefficient (Wildman–Crippen LogP) is 5.00. The van der Waals surface area contributed by atoms with Crippen LogP contribution < -0.4 is 10.1 Å². The monoisotopic (exact) mass is 438 g/mol. The van der Waals surface area contributed by atoms with Gasteiger partial charge in [0.25, 0.3) is 5.91 Å². The first-order chi connectivity index (χ1) is 16.2. The van der Waals surface area contributed by atoms with Crippen molar-refractivity contribution in [2.45, 2.75) is 26.5 Å². The number of nitrogens with zero attached hydrogens (tertiary/aromatic N) is 3. The van der Waals surface area contributed by atoms with Crippen molar-refractivity contribution in [3.05, 3.63) is 102 Å². The van der Waals surface area contributed by atoms with Gasteiger partial charge >= 0.3 is 0 Å². The number of benzene rings is 2. The Morgan fingerprint density at radius 2 is 1.85 bits per heavy atom. The Morgan fingerprint density at radius 3 is 2.70 bits per heavy atom. The quantitative estimate of drug-likeness (QED) is 0.347. The van der Waals surface area contributed by atoms with E-state index in [0.717, 1.165) is 29.9 Å². The Kier molecular flexibility index (Phi) is 5.81. The van der Waals surface area contributed by atoms with Crippen LogP contribution in [0.3, 0.4) is 0 Å². The summed E-state index contributed by atoms with van der Waals surface area (Å²) in [4.78, 5) is 17.1. The van der Waals surface area contributed by atoms with E-state index >= 15 is 0 Å². The molecule has 5 aromatic rings. The SMILES string of the molecule is Cc1cccn2cc(COc3ccc(C(=O)NCCCn4ccc5ccccc54)cc3)nc12. The lowest BCUT2D eigenvalue weighted by Crippen LogP contribution is -2.25. The standard InChI is InChI=1S/C27H26N4O2/c1-20-6-4-15-31-18-23(29-26(20)31)19-33-24-11-9-22(10-12-24)27(32)28-14-5-16-30-17-13-21-7-2-3-8-25(21)30/h2-4,6-13,15,17-18H,5,14,16,19H2,1H3,(H,28,32). The van der Waals surface area contributed by atoms with E-state index in [1.54, 1.807) is 12.1 Å². The Hall–Kier alpha value is -4.06. The number of hydrogen-bond acceptors (Lipinski definition) is 3. The number of carbonyl (C=O) groups is 1. The van der Waals surface area contributed by atoms with Gasteiger partial charge in [-0.25, -0.2) is 4.98 Å². The Morgan fingerprint density at radius 1 is 1.00 bits per heavy atom. The zero-order chi connectivity index (χ0) is 22.6. The molecule has 0 unspecified atom stereocenters. The molecule has 0 saturated carbocycles. The molecule has 3 heterocycles. The average molecular weight is 439 g/mol. The van der Waals surface area contributed by atoms with Crippen molar-refractivity contribution in [2.75, 3.05) is 6.54 Å². The topological polar surface area (TPSA) is 60.6 Å². The summed E-state index contributed by atoms with van der Waals surface area (Å²) in [6, 6.07) is 21.7. The van der Waals surface area contributed by atoms with E-state index in [1.807, 2.05) is 60.1 Å². The van der Waals surface area contributed by atoms with Crippen LogP contribution in [-0.2, 0) is 13.2 Å². The third kappa shape index (κ3) is 4.60. The number of imidazole rings is 1. The Balaban J connectivity index is 1.10. The van der Waals surface area contributed by atoms with Crippen molar-refractivity contribution >= 4 is 22.5 Å². The highest BCUT2D eigenvalue weighted by Crippen LogP contribution is 2.17. The summed E-state index contributed by atoms with van der Waals surface area (Å²) in [6.07, 6.45) is 6.91. The predicted molar refractivity (Wildman–Crippen MR) is 130 cm³/mol. The molecule has 0 fully saturated rings. The number of hydrogen-bond donors (Lipinski definition) is 1. The van der Waals surface area contributed by atoms with Crippen molar-refractivity contribution in [1.29, 1.82) is 0 Å². The van der Waals surface area contributed by atoms with Crippen LogP contribution in [-0.4, -0.2) is 26.4 Å². The molecule has 5 rings (SSSR count). The second kappa shape index (κ2) is 9.20. The van der Waals surface area contributed by atoms with Gasteiger partial charge in [0.1, 0.15) is 18.0 Å². The third-order valence-electron chi connectivity index (χ3n) is 5.77. The molecule has 1 N–H and O–H groups in total. The number of pyridine rings is 1. The van der Waals surface area contributed by atoms with Crippen LogP contribution in [0.1, 0.15) is 28.0 Å². The summed E-state index contributed by atoms with van der Waals surface area (Å²) in [5.41, 5.74) is 4.77. The minimum absolute atomic E-state index is 0.0743. The second-order valence-corrected chi connectivity index (χ2v) is 8.14. The summed E-state index contributed by atoms with van der Waals surface area (Å²) in [5, 5.41) is 4.24. The first-order valence-corrected chi connectivity index (χ1v) is 11.2. The van der Waals surface area contributed by atoms with Crippen molar-refractivity contribution < 1.29 is 9.53 Å². The molecule has 166 valence electrons. The number of fused-ring (bicyclic) bond motifs is 2. The van der Waals surface area contributed by atoms with Gasteiger partial charge in [-0.05, 0) is 66.8 Å². The van der Waals surface area contributed by atoms with E-state index in [1.165, 1.54) is 10.9 Å². The molecule has 6 nitrogen and oxygen atoms in total. The molecule has 2 aromatic carbocycles. The maximum Gasteiger partial charge on any atom is 0.251 e. The van der Waals surface area contributed by atoms with Gasteiger partial charge in [0.2, 0.25) is 0 Å². The highest BCUT2D eigenvalue weighted by atomic mass is 16.5. The summed E-state index contributed by atoms with van der Waals surface area (Å²) in [6.45, 7) is 3.90. The lowest BCUT2D eigenvalue weighted by Gasteiger charge is -2.08. The van der Waals surface area contributed by atoms with Crippen LogP contribution in [0, 0.1) is 6.92 Å². The zero-order valence-electron chi connectivity index (χ0n) is 18.6. The van der Waals surface area contributed by atoms with Crippen molar-refractivity contribution in [2.24, 2.45) is 0 Å². The van der Waals surface area contributed by atoms with Gasteiger partial charge in [0.05, 0.1) is 5.69 Å². The van der Waals surface area contributed by atoms with Crippen LogP contribution in [0.15, 0.2) is 85.3 Å². The minimum atomic E-state index is -0.0743. The van der Waals surface area contributed by atoms with Gasteiger partial charge in [-0.3, -0.25) is 4.79 Å². The van der Waals surface area contributed by atoms with Gasteiger partial charge in [-0.15, -0.1) is 0 Å². The molecular weight excluding hydrogens is 412 g/mol. The fourth-order valence-corrected chi connectivity index (χ4v) is 4.02. The van der Waals surface area contributed by atoms with Gasteiger partial charge < -0.3 is 19.0 Å². The lowest BCUT2D eigenvalue weighted by molar-refractivity contribution is 0.0952. The van der Waals surface area contributed by atoms with Crippen LogP contribution in [0.25, 0.3) is 16.6 Å². The number of amides is 1. The Bertz CT molecular complexity index is 1400. The minimum Gasteiger partial charge on any atom is -0.487 e. The first kappa shape index (κ1) is 20.8.